The number of halogens is 2. The Morgan fingerprint density at radius 1 is 1.17 bits per heavy atom. The first-order chi connectivity index (χ1) is 14.3. The van der Waals surface area contributed by atoms with Gasteiger partial charge in [-0.2, -0.15) is 0 Å². The summed E-state index contributed by atoms with van der Waals surface area (Å²) in [5, 5.41) is 11.6. The van der Waals surface area contributed by atoms with Crippen molar-refractivity contribution < 1.29 is 24.2 Å². The number of carbonyl (C=O) groups is 2. The minimum atomic E-state index is -0.796. The maximum Gasteiger partial charge on any atom is 0.295 e. The number of benzene rings is 2. The number of hydrogen-bond acceptors (Lipinski definition) is 5. The molecule has 1 aliphatic rings. The van der Waals surface area contributed by atoms with Crippen molar-refractivity contribution in [1.82, 2.24) is 4.90 Å². The van der Waals surface area contributed by atoms with Gasteiger partial charge in [0.15, 0.2) is 0 Å². The molecule has 158 valence electrons. The Hall–Kier alpha value is -2.54. The van der Waals surface area contributed by atoms with E-state index in [0.29, 0.717) is 0 Å². The number of hydrogen-bond donors (Lipinski definition) is 1. The summed E-state index contributed by atoms with van der Waals surface area (Å²) in [7, 11) is 2.90. The molecule has 2 aromatic rings. The maximum atomic E-state index is 13.0. The standard InChI is InChI=1S/C22H21Cl2NO5/c1-12-6-4-5-7-14(12)18-17(20(27)22(28)25(18)8-9-29-2)19(26)15-10-13(23)11-16(24)21(15)30-3/h4-7,10-11,18,26H,8-9H2,1-3H3/b19-17+. The van der Waals surface area contributed by atoms with Crippen LogP contribution in [0.4, 0.5) is 0 Å². The van der Waals surface area contributed by atoms with Crippen molar-refractivity contribution in [2.75, 3.05) is 27.4 Å². The highest BCUT2D eigenvalue weighted by Gasteiger charge is 2.46. The highest BCUT2D eigenvalue weighted by Crippen LogP contribution is 2.43. The van der Waals surface area contributed by atoms with Crippen LogP contribution < -0.4 is 4.74 Å². The van der Waals surface area contributed by atoms with E-state index in [9.17, 15) is 14.7 Å². The highest BCUT2D eigenvalue weighted by atomic mass is 35.5. The first-order valence-electron chi connectivity index (χ1n) is 9.18. The van der Waals surface area contributed by atoms with E-state index in [1.165, 1.54) is 31.3 Å². The fraction of sp³-hybridized carbons (Fsp3) is 0.273. The molecule has 0 aliphatic carbocycles. The number of methoxy groups -OCH3 is 2. The van der Waals surface area contributed by atoms with E-state index in [4.69, 9.17) is 32.7 Å². The normalized spacial score (nSPS) is 18.2. The number of aliphatic hydroxyl groups is 1. The average molecular weight is 450 g/mol. The third kappa shape index (κ3) is 3.90. The number of Topliss-reactive ketones (excluding diaryl/α,β-unsaturated/α-hetero) is 1. The molecule has 0 bridgehead atoms. The Kier molecular flexibility index (Phi) is 6.71. The van der Waals surface area contributed by atoms with E-state index in [0.717, 1.165) is 11.1 Å². The third-order valence-electron chi connectivity index (χ3n) is 5.03. The van der Waals surface area contributed by atoms with Crippen molar-refractivity contribution in [3.8, 4) is 5.75 Å². The fourth-order valence-electron chi connectivity index (χ4n) is 3.61. The Labute approximate surface area is 184 Å². The summed E-state index contributed by atoms with van der Waals surface area (Å²) in [5.74, 6) is -1.75. The molecule has 1 fully saturated rings. The van der Waals surface area contributed by atoms with E-state index in [-0.39, 0.29) is 40.1 Å². The minimum absolute atomic E-state index is 0.0537. The number of ketones is 1. The van der Waals surface area contributed by atoms with Gasteiger partial charge in [-0.05, 0) is 30.2 Å². The molecule has 30 heavy (non-hydrogen) atoms. The molecule has 3 rings (SSSR count). The van der Waals surface area contributed by atoms with Gasteiger partial charge in [0.2, 0.25) is 0 Å². The monoisotopic (exact) mass is 449 g/mol. The lowest BCUT2D eigenvalue weighted by Gasteiger charge is -2.26. The fourth-order valence-corrected chi connectivity index (χ4v) is 4.18. The summed E-state index contributed by atoms with van der Waals surface area (Å²) >= 11 is 12.3. The van der Waals surface area contributed by atoms with Crippen LogP contribution in [0.25, 0.3) is 5.76 Å². The SMILES string of the molecule is COCCN1C(=O)C(=O)/C(=C(/O)c2cc(Cl)cc(Cl)c2OC)C1c1ccccc1C. The number of ether oxygens (including phenoxy) is 2. The predicted octanol–water partition coefficient (Wildman–Crippen LogP) is 4.38. The highest BCUT2D eigenvalue weighted by molar-refractivity contribution is 6.46. The molecule has 2 aromatic carbocycles. The van der Waals surface area contributed by atoms with Crippen molar-refractivity contribution >= 4 is 40.7 Å². The van der Waals surface area contributed by atoms with Gasteiger partial charge >= 0.3 is 0 Å². The van der Waals surface area contributed by atoms with Gasteiger partial charge in [0, 0.05) is 18.7 Å². The van der Waals surface area contributed by atoms with Crippen LogP contribution in [0.15, 0.2) is 42.0 Å². The van der Waals surface area contributed by atoms with Crippen molar-refractivity contribution in [3.63, 3.8) is 0 Å². The van der Waals surface area contributed by atoms with Crippen LogP contribution in [0, 0.1) is 6.92 Å². The molecule has 1 aliphatic heterocycles. The Morgan fingerprint density at radius 2 is 1.87 bits per heavy atom. The number of nitrogens with zero attached hydrogens (tertiary/aromatic N) is 1. The van der Waals surface area contributed by atoms with Crippen LogP contribution >= 0.6 is 23.2 Å². The van der Waals surface area contributed by atoms with Gasteiger partial charge in [-0.3, -0.25) is 9.59 Å². The van der Waals surface area contributed by atoms with Crippen molar-refractivity contribution in [2.45, 2.75) is 13.0 Å². The molecule has 0 saturated carbocycles. The molecular formula is C22H21Cl2NO5. The number of amides is 1. The van der Waals surface area contributed by atoms with Crippen LogP contribution in [0.5, 0.6) is 5.75 Å². The quantitative estimate of drug-likeness (QED) is 0.402. The smallest absolute Gasteiger partial charge is 0.295 e. The second kappa shape index (κ2) is 9.08. The summed E-state index contributed by atoms with van der Waals surface area (Å²) in [6.45, 7) is 2.30. The second-order valence-electron chi connectivity index (χ2n) is 6.81. The summed E-state index contributed by atoms with van der Waals surface area (Å²) in [4.78, 5) is 27.2. The minimum Gasteiger partial charge on any atom is -0.507 e. The number of aliphatic hydroxyl groups excluding tert-OH is 1. The molecular weight excluding hydrogens is 429 g/mol. The van der Waals surface area contributed by atoms with Crippen molar-refractivity contribution in [1.29, 1.82) is 0 Å². The number of rotatable bonds is 6. The first-order valence-corrected chi connectivity index (χ1v) is 9.93. The Morgan fingerprint density at radius 3 is 2.50 bits per heavy atom. The van der Waals surface area contributed by atoms with Gasteiger partial charge in [-0.25, -0.2) is 0 Å². The van der Waals surface area contributed by atoms with Gasteiger partial charge < -0.3 is 19.5 Å². The topological polar surface area (TPSA) is 76.1 Å². The molecule has 6 nitrogen and oxygen atoms in total. The maximum absolute atomic E-state index is 13.0. The molecule has 1 amide bonds. The molecule has 1 unspecified atom stereocenters. The number of carbonyl (C=O) groups excluding carboxylic acids is 2. The average Bonchev–Trinajstić information content (AvgIpc) is 2.96. The number of aryl methyl sites for hydroxylation is 1. The van der Waals surface area contributed by atoms with Gasteiger partial charge in [-0.1, -0.05) is 47.5 Å². The van der Waals surface area contributed by atoms with E-state index < -0.39 is 23.5 Å². The molecule has 1 N–H and O–H groups in total. The summed E-state index contributed by atoms with van der Waals surface area (Å²) in [5.41, 5.74) is 1.68. The Balaban J connectivity index is 2.28. The van der Waals surface area contributed by atoms with Gasteiger partial charge in [0.25, 0.3) is 11.7 Å². The molecule has 8 heteroatoms. The van der Waals surface area contributed by atoms with Crippen LogP contribution in [0.3, 0.4) is 0 Å². The summed E-state index contributed by atoms with van der Waals surface area (Å²) < 4.78 is 10.4. The zero-order valence-corrected chi connectivity index (χ0v) is 18.3. The van der Waals surface area contributed by atoms with Crippen LogP contribution in [0.1, 0.15) is 22.7 Å². The van der Waals surface area contributed by atoms with Gasteiger partial charge in [0.1, 0.15) is 11.5 Å². The van der Waals surface area contributed by atoms with E-state index in [1.807, 2.05) is 31.2 Å². The Bertz CT molecular complexity index is 1030. The number of likely N-dealkylation sites (tertiary alicyclic amines) is 1. The third-order valence-corrected chi connectivity index (χ3v) is 5.53. The van der Waals surface area contributed by atoms with E-state index in [1.54, 1.807) is 0 Å². The first kappa shape index (κ1) is 22.2. The lowest BCUT2D eigenvalue weighted by Crippen LogP contribution is -2.32. The summed E-state index contributed by atoms with van der Waals surface area (Å²) in [6, 6.07) is 9.50. The lowest BCUT2D eigenvalue weighted by molar-refractivity contribution is -0.140. The molecule has 1 heterocycles. The van der Waals surface area contributed by atoms with E-state index >= 15 is 0 Å². The molecule has 0 radical (unpaired) electrons. The largest absolute Gasteiger partial charge is 0.507 e. The molecule has 1 atom stereocenters. The van der Waals surface area contributed by atoms with Crippen LogP contribution in [-0.2, 0) is 14.3 Å². The molecule has 0 aromatic heterocycles. The molecule has 1 saturated heterocycles. The zero-order valence-electron chi connectivity index (χ0n) is 16.7. The molecule has 0 spiro atoms. The zero-order chi connectivity index (χ0) is 22.0. The van der Waals surface area contributed by atoms with Crippen molar-refractivity contribution in [3.05, 3.63) is 68.7 Å². The van der Waals surface area contributed by atoms with E-state index in [2.05, 4.69) is 0 Å². The second-order valence-corrected chi connectivity index (χ2v) is 7.65. The van der Waals surface area contributed by atoms with Crippen LogP contribution in [-0.4, -0.2) is 49.1 Å². The predicted molar refractivity (Wildman–Crippen MR) is 115 cm³/mol. The van der Waals surface area contributed by atoms with Crippen molar-refractivity contribution in [2.24, 2.45) is 0 Å². The van der Waals surface area contributed by atoms with Crippen LogP contribution in [0.2, 0.25) is 10.0 Å². The van der Waals surface area contributed by atoms with Gasteiger partial charge in [-0.15, -0.1) is 0 Å². The lowest BCUT2D eigenvalue weighted by atomic mass is 9.92. The van der Waals surface area contributed by atoms with Gasteiger partial charge in [0.05, 0.1) is 35.9 Å². The summed E-state index contributed by atoms with van der Waals surface area (Å²) in [6.07, 6.45) is 0.